The first-order valence-corrected chi connectivity index (χ1v) is 7.06. The summed E-state index contributed by atoms with van der Waals surface area (Å²) >= 11 is 0. The molecule has 0 aliphatic heterocycles. The van der Waals surface area contributed by atoms with E-state index in [0.29, 0.717) is 30.9 Å². The summed E-state index contributed by atoms with van der Waals surface area (Å²) in [5.74, 6) is -1.37. The number of carboxylic acid groups (broad SMARTS) is 1. The van der Waals surface area contributed by atoms with Crippen molar-refractivity contribution < 1.29 is 19.0 Å². The minimum absolute atomic E-state index is 0.322. The molecule has 1 aromatic rings. The Morgan fingerprint density at radius 1 is 1.43 bits per heavy atom. The lowest BCUT2D eigenvalue weighted by Gasteiger charge is -2.20. The summed E-state index contributed by atoms with van der Waals surface area (Å²) in [5, 5.41) is 8.55. The molecule has 0 heterocycles. The van der Waals surface area contributed by atoms with Gasteiger partial charge in [-0.3, -0.25) is 4.90 Å². The Balaban J connectivity index is 2.68. The maximum absolute atomic E-state index is 14.0. The molecule has 0 bridgehead atoms. The largest absolute Gasteiger partial charge is 0.478 e. The maximum Gasteiger partial charge on any atom is 0.328 e. The highest BCUT2D eigenvalue weighted by atomic mass is 19.1. The number of halogens is 1. The number of hydrogen-bond acceptors (Lipinski definition) is 3. The van der Waals surface area contributed by atoms with E-state index in [1.807, 2.05) is 13.8 Å². The van der Waals surface area contributed by atoms with E-state index in [2.05, 4.69) is 4.90 Å². The molecule has 5 heteroatoms. The number of likely N-dealkylation sites (N-methyl/N-ethyl adjacent to an activating group) is 1. The highest BCUT2D eigenvalue weighted by Gasteiger charge is 2.08. The van der Waals surface area contributed by atoms with Crippen molar-refractivity contribution in [2.24, 2.45) is 0 Å². The second kappa shape index (κ2) is 9.26. The average Bonchev–Trinajstić information content (AvgIpc) is 2.46. The van der Waals surface area contributed by atoms with Crippen molar-refractivity contribution >= 4 is 12.0 Å². The Morgan fingerprint density at radius 2 is 2.19 bits per heavy atom. The summed E-state index contributed by atoms with van der Waals surface area (Å²) in [6, 6.07) is 4.76. The molecule has 4 nitrogen and oxygen atoms in total. The lowest BCUT2D eigenvalue weighted by Crippen LogP contribution is -2.27. The molecule has 21 heavy (non-hydrogen) atoms. The van der Waals surface area contributed by atoms with Crippen molar-refractivity contribution in [2.75, 3.05) is 26.3 Å². The highest BCUT2D eigenvalue weighted by molar-refractivity contribution is 5.85. The molecule has 1 aromatic carbocycles. The number of carboxylic acids is 1. The summed E-state index contributed by atoms with van der Waals surface area (Å²) in [7, 11) is 0. The van der Waals surface area contributed by atoms with Crippen LogP contribution in [0, 0.1) is 5.82 Å². The van der Waals surface area contributed by atoms with Gasteiger partial charge in [0.15, 0.2) is 0 Å². The molecule has 0 radical (unpaired) electrons. The van der Waals surface area contributed by atoms with E-state index < -0.39 is 5.97 Å². The molecule has 0 spiro atoms. The van der Waals surface area contributed by atoms with Crippen LogP contribution in [0.15, 0.2) is 24.3 Å². The van der Waals surface area contributed by atoms with E-state index in [0.717, 1.165) is 19.2 Å². The first-order chi connectivity index (χ1) is 10.1. The van der Waals surface area contributed by atoms with E-state index in [4.69, 9.17) is 9.84 Å². The molecule has 0 saturated heterocycles. The smallest absolute Gasteiger partial charge is 0.328 e. The SMILES string of the molecule is CCOCCN(CC)Cc1ccc(C=CC(=O)O)cc1F. The molecule has 1 N–H and O–H groups in total. The first kappa shape index (κ1) is 17.3. The van der Waals surface area contributed by atoms with E-state index in [1.54, 1.807) is 12.1 Å². The molecule has 0 fully saturated rings. The summed E-state index contributed by atoms with van der Waals surface area (Å²) in [4.78, 5) is 12.5. The van der Waals surface area contributed by atoms with Gasteiger partial charge < -0.3 is 9.84 Å². The quantitative estimate of drug-likeness (QED) is 0.562. The fourth-order valence-electron chi connectivity index (χ4n) is 1.89. The van der Waals surface area contributed by atoms with Crippen LogP contribution in [0.3, 0.4) is 0 Å². The van der Waals surface area contributed by atoms with Crippen molar-refractivity contribution in [2.45, 2.75) is 20.4 Å². The molecular weight excluding hydrogens is 273 g/mol. The molecule has 1 rings (SSSR count). The normalized spacial score (nSPS) is 11.4. The van der Waals surface area contributed by atoms with Gasteiger partial charge in [-0.2, -0.15) is 0 Å². The second-order valence-corrected chi connectivity index (χ2v) is 4.59. The van der Waals surface area contributed by atoms with Crippen LogP contribution in [0.1, 0.15) is 25.0 Å². The fraction of sp³-hybridized carbons (Fsp3) is 0.438. The highest BCUT2D eigenvalue weighted by Crippen LogP contribution is 2.14. The molecule has 0 aliphatic carbocycles. The third-order valence-corrected chi connectivity index (χ3v) is 3.09. The zero-order valence-electron chi connectivity index (χ0n) is 12.5. The number of aliphatic carboxylic acids is 1. The number of ether oxygens (including phenoxy) is 1. The molecule has 116 valence electrons. The fourth-order valence-corrected chi connectivity index (χ4v) is 1.89. The first-order valence-electron chi connectivity index (χ1n) is 7.06. The van der Waals surface area contributed by atoms with Gasteiger partial charge in [-0.1, -0.05) is 19.1 Å². The number of hydrogen-bond donors (Lipinski definition) is 1. The Morgan fingerprint density at radius 3 is 2.76 bits per heavy atom. The van der Waals surface area contributed by atoms with Gasteiger partial charge in [0.1, 0.15) is 5.82 Å². The monoisotopic (exact) mass is 295 g/mol. The number of carbonyl (C=O) groups is 1. The number of benzene rings is 1. The van der Waals surface area contributed by atoms with Gasteiger partial charge in [-0.15, -0.1) is 0 Å². The van der Waals surface area contributed by atoms with Crippen molar-refractivity contribution in [1.82, 2.24) is 4.90 Å². The van der Waals surface area contributed by atoms with Gasteiger partial charge in [0, 0.05) is 31.3 Å². The minimum Gasteiger partial charge on any atom is -0.478 e. The molecule has 0 atom stereocenters. The van der Waals surface area contributed by atoms with Crippen molar-refractivity contribution in [3.05, 3.63) is 41.2 Å². The zero-order chi connectivity index (χ0) is 15.7. The van der Waals surface area contributed by atoms with Crippen LogP contribution in [0.2, 0.25) is 0 Å². The predicted octanol–water partition coefficient (Wildman–Crippen LogP) is 2.78. The lowest BCUT2D eigenvalue weighted by molar-refractivity contribution is -0.131. The van der Waals surface area contributed by atoms with E-state index in [9.17, 15) is 9.18 Å². The van der Waals surface area contributed by atoms with Crippen molar-refractivity contribution in [3.63, 3.8) is 0 Å². The second-order valence-electron chi connectivity index (χ2n) is 4.59. The third kappa shape index (κ3) is 6.51. The zero-order valence-corrected chi connectivity index (χ0v) is 12.5. The summed E-state index contributed by atoms with van der Waals surface area (Å²) in [6.07, 6.45) is 2.37. The van der Waals surface area contributed by atoms with Gasteiger partial charge in [-0.05, 0) is 31.2 Å². The summed E-state index contributed by atoms with van der Waals surface area (Å²) in [5.41, 5.74) is 1.14. The number of nitrogens with zero attached hydrogens (tertiary/aromatic N) is 1. The molecule has 0 unspecified atom stereocenters. The maximum atomic E-state index is 14.0. The topological polar surface area (TPSA) is 49.8 Å². The van der Waals surface area contributed by atoms with Crippen LogP contribution in [0.5, 0.6) is 0 Å². The Labute approximate surface area is 124 Å². The van der Waals surface area contributed by atoms with Gasteiger partial charge in [0.05, 0.1) is 6.61 Å². The van der Waals surface area contributed by atoms with Crippen LogP contribution in [-0.4, -0.2) is 42.3 Å². The van der Waals surface area contributed by atoms with Gasteiger partial charge >= 0.3 is 5.97 Å². The van der Waals surface area contributed by atoms with Crippen LogP contribution < -0.4 is 0 Å². The van der Waals surface area contributed by atoms with Crippen LogP contribution >= 0.6 is 0 Å². The van der Waals surface area contributed by atoms with Crippen LogP contribution in [0.4, 0.5) is 4.39 Å². The Bertz CT molecular complexity index is 488. The molecule has 0 amide bonds. The van der Waals surface area contributed by atoms with E-state index in [1.165, 1.54) is 12.1 Å². The van der Waals surface area contributed by atoms with Gasteiger partial charge in [0.25, 0.3) is 0 Å². The predicted molar refractivity (Wildman–Crippen MR) is 80.5 cm³/mol. The lowest BCUT2D eigenvalue weighted by atomic mass is 10.1. The Hall–Kier alpha value is -1.72. The van der Waals surface area contributed by atoms with Crippen molar-refractivity contribution in [1.29, 1.82) is 0 Å². The van der Waals surface area contributed by atoms with E-state index in [-0.39, 0.29) is 5.82 Å². The number of rotatable bonds is 9. The van der Waals surface area contributed by atoms with Gasteiger partial charge in [-0.25, -0.2) is 9.18 Å². The molecular formula is C16H22FNO3. The summed E-state index contributed by atoms with van der Waals surface area (Å²) < 4.78 is 19.3. The van der Waals surface area contributed by atoms with E-state index >= 15 is 0 Å². The van der Waals surface area contributed by atoms with Crippen LogP contribution in [0.25, 0.3) is 6.08 Å². The molecule has 0 saturated carbocycles. The standard InChI is InChI=1S/C16H22FNO3/c1-3-18(9-10-21-4-2)12-14-7-5-13(11-15(14)17)6-8-16(19)20/h5-8,11H,3-4,9-10,12H2,1-2H3,(H,19,20). The average molecular weight is 295 g/mol. The third-order valence-electron chi connectivity index (χ3n) is 3.09. The Kier molecular flexibility index (Phi) is 7.64. The van der Waals surface area contributed by atoms with Gasteiger partial charge in [0.2, 0.25) is 0 Å². The van der Waals surface area contributed by atoms with Crippen molar-refractivity contribution in [3.8, 4) is 0 Å². The summed E-state index contributed by atoms with van der Waals surface area (Å²) in [6.45, 7) is 7.35. The molecule has 0 aromatic heterocycles. The van der Waals surface area contributed by atoms with Crippen LogP contribution in [-0.2, 0) is 16.1 Å². The minimum atomic E-state index is -1.05. The molecule has 0 aliphatic rings.